The third-order valence-corrected chi connectivity index (χ3v) is 4.78. The highest BCUT2D eigenvalue weighted by Gasteiger charge is 2.24. The Balaban J connectivity index is 1.65. The predicted molar refractivity (Wildman–Crippen MR) is 110 cm³/mol. The molecule has 6 heteroatoms. The molecule has 0 saturated carbocycles. The fraction of sp³-hybridized carbons (Fsp3) is 0.364. The molecule has 3 N–H and O–H groups in total. The maximum absolute atomic E-state index is 12.7. The first-order valence-corrected chi connectivity index (χ1v) is 9.71. The highest BCUT2D eigenvalue weighted by molar-refractivity contribution is 5.98. The topological polar surface area (TPSA) is 79.5 Å². The fourth-order valence-electron chi connectivity index (χ4n) is 3.21. The zero-order valence-electron chi connectivity index (χ0n) is 16.5. The Morgan fingerprint density at radius 3 is 2.68 bits per heavy atom. The molecule has 2 aromatic rings. The molecule has 0 unspecified atom stereocenters. The first-order valence-electron chi connectivity index (χ1n) is 9.71. The van der Waals surface area contributed by atoms with Crippen LogP contribution in [0.1, 0.15) is 45.2 Å². The molecule has 2 aromatic carbocycles. The summed E-state index contributed by atoms with van der Waals surface area (Å²) < 4.78 is 5.56. The summed E-state index contributed by atoms with van der Waals surface area (Å²) in [7, 11) is 0. The lowest BCUT2D eigenvalue weighted by Crippen LogP contribution is -2.39. The van der Waals surface area contributed by atoms with Gasteiger partial charge in [0.1, 0.15) is 11.8 Å². The van der Waals surface area contributed by atoms with Gasteiger partial charge in [0.25, 0.3) is 5.91 Å². The Bertz CT molecular complexity index is 838. The third kappa shape index (κ3) is 4.63. The lowest BCUT2D eigenvalue weighted by Gasteiger charge is -2.25. The van der Waals surface area contributed by atoms with Gasteiger partial charge in [0.05, 0.1) is 11.7 Å². The number of rotatable bonds is 7. The van der Waals surface area contributed by atoms with Gasteiger partial charge in [0.2, 0.25) is 5.91 Å². The van der Waals surface area contributed by atoms with E-state index in [1.165, 1.54) is 0 Å². The number of nitrogens with one attached hydrogen (secondary N) is 3. The summed E-state index contributed by atoms with van der Waals surface area (Å²) in [5.41, 5.74) is 2.45. The summed E-state index contributed by atoms with van der Waals surface area (Å²) >= 11 is 0. The molecule has 1 heterocycles. The van der Waals surface area contributed by atoms with E-state index >= 15 is 0 Å². The molecule has 6 nitrogen and oxygen atoms in total. The van der Waals surface area contributed by atoms with E-state index in [4.69, 9.17) is 4.74 Å². The monoisotopic (exact) mass is 381 g/mol. The van der Waals surface area contributed by atoms with Gasteiger partial charge in [-0.3, -0.25) is 9.59 Å². The van der Waals surface area contributed by atoms with E-state index in [-0.39, 0.29) is 17.9 Å². The SMILES string of the molecule is CCC[C@H](NC(=O)[C@H](C)Nc1ccc2c(c1)NC(=O)[C@@H](C)O2)c1ccccc1. The summed E-state index contributed by atoms with van der Waals surface area (Å²) in [5.74, 6) is 0.372. The van der Waals surface area contributed by atoms with Crippen LogP contribution in [0.4, 0.5) is 11.4 Å². The van der Waals surface area contributed by atoms with E-state index in [9.17, 15) is 9.59 Å². The smallest absolute Gasteiger partial charge is 0.265 e. The summed E-state index contributed by atoms with van der Waals surface area (Å²) in [6.07, 6.45) is 1.34. The van der Waals surface area contributed by atoms with E-state index in [1.54, 1.807) is 19.1 Å². The molecule has 0 spiro atoms. The Morgan fingerprint density at radius 1 is 1.21 bits per heavy atom. The predicted octanol–water partition coefficient (Wildman–Crippen LogP) is 3.86. The van der Waals surface area contributed by atoms with E-state index in [1.807, 2.05) is 43.3 Å². The number of amides is 2. The average molecular weight is 381 g/mol. The highest BCUT2D eigenvalue weighted by atomic mass is 16.5. The largest absolute Gasteiger partial charge is 0.479 e. The van der Waals surface area contributed by atoms with Crippen molar-refractivity contribution in [3.8, 4) is 5.75 Å². The fourth-order valence-corrected chi connectivity index (χ4v) is 3.21. The Labute approximate surface area is 165 Å². The third-order valence-electron chi connectivity index (χ3n) is 4.78. The number of anilines is 2. The summed E-state index contributed by atoms with van der Waals surface area (Å²) in [6, 6.07) is 15.0. The zero-order chi connectivity index (χ0) is 20.1. The number of hydrogen-bond acceptors (Lipinski definition) is 4. The van der Waals surface area contributed by atoms with Crippen molar-refractivity contribution >= 4 is 23.2 Å². The quantitative estimate of drug-likeness (QED) is 0.680. The van der Waals surface area contributed by atoms with Crippen LogP contribution in [0.5, 0.6) is 5.75 Å². The molecule has 0 aliphatic carbocycles. The van der Waals surface area contributed by atoms with Crippen molar-refractivity contribution in [2.24, 2.45) is 0 Å². The molecular formula is C22H27N3O3. The van der Waals surface area contributed by atoms with Gasteiger partial charge in [-0.15, -0.1) is 0 Å². The van der Waals surface area contributed by atoms with Gasteiger partial charge in [0.15, 0.2) is 6.10 Å². The Kier molecular flexibility index (Phi) is 6.19. The van der Waals surface area contributed by atoms with Gasteiger partial charge >= 0.3 is 0 Å². The lowest BCUT2D eigenvalue weighted by molar-refractivity contribution is -0.123. The maximum atomic E-state index is 12.7. The second kappa shape index (κ2) is 8.78. The van der Waals surface area contributed by atoms with E-state index in [2.05, 4.69) is 22.9 Å². The molecule has 2 amide bonds. The highest BCUT2D eigenvalue weighted by Crippen LogP contribution is 2.32. The van der Waals surface area contributed by atoms with Crippen LogP contribution in [0.15, 0.2) is 48.5 Å². The molecule has 0 fully saturated rings. The molecule has 3 atom stereocenters. The molecule has 0 radical (unpaired) electrons. The van der Waals surface area contributed by atoms with Crippen LogP contribution in [0.2, 0.25) is 0 Å². The minimum absolute atomic E-state index is 0.0133. The summed E-state index contributed by atoms with van der Waals surface area (Å²) in [5, 5.41) is 9.15. The van der Waals surface area contributed by atoms with Crippen LogP contribution in [0.3, 0.4) is 0 Å². The van der Waals surface area contributed by atoms with Crippen molar-refractivity contribution in [2.45, 2.75) is 51.8 Å². The minimum atomic E-state index is -0.510. The van der Waals surface area contributed by atoms with E-state index in [0.717, 1.165) is 24.1 Å². The number of carbonyl (C=O) groups excluding carboxylic acids is 2. The van der Waals surface area contributed by atoms with Crippen molar-refractivity contribution in [3.05, 3.63) is 54.1 Å². The van der Waals surface area contributed by atoms with Gasteiger partial charge in [-0.2, -0.15) is 0 Å². The molecule has 1 aliphatic heterocycles. The van der Waals surface area contributed by atoms with Crippen LogP contribution in [0.25, 0.3) is 0 Å². The second-order valence-corrected chi connectivity index (χ2v) is 7.09. The standard InChI is InChI=1S/C22H27N3O3/c1-4-8-18(16-9-6-5-7-10-16)24-21(26)14(2)23-17-11-12-20-19(13-17)25-22(27)15(3)28-20/h5-7,9-15,18,23H,4,8H2,1-3H3,(H,24,26)(H,25,27)/t14-,15+,18-/m0/s1. The maximum Gasteiger partial charge on any atom is 0.265 e. The molecule has 0 aromatic heterocycles. The van der Waals surface area contributed by atoms with Crippen LogP contribution < -0.4 is 20.7 Å². The van der Waals surface area contributed by atoms with Crippen LogP contribution >= 0.6 is 0 Å². The van der Waals surface area contributed by atoms with Gasteiger partial charge in [-0.1, -0.05) is 43.7 Å². The van der Waals surface area contributed by atoms with Crippen LogP contribution in [-0.2, 0) is 9.59 Å². The van der Waals surface area contributed by atoms with Crippen molar-refractivity contribution in [1.82, 2.24) is 5.32 Å². The van der Waals surface area contributed by atoms with Crippen LogP contribution in [0, 0.1) is 0 Å². The molecule has 1 aliphatic rings. The number of benzene rings is 2. The molecular weight excluding hydrogens is 354 g/mol. The normalized spacial score (nSPS) is 17.5. The summed E-state index contributed by atoms with van der Waals surface area (Å²) in [6.45, 7) is 5.63. The molecule has 0 bridgehead atoms. The number of fused-ring (bicyclic) bond motifs is 1. The number of ether oxygens (including phenoxy) is 1. The molecule has 3 rings (SSSR count). The first-order chi connectivity index (χ1) is 13.5. The number of hydrogen-bond donors (Lipinski definition) is 3. The Hall–Kier alpha value is -3.02. The molecule has 28 heavy (non-hydrogen) atoms. The first kappa shape index (κ1) is 19.7. The lowest BCUT2D eigenvalue weighted by atomic mass is 10.0. The van der Waals surface area contributed by atoms with Gasteiger partial charge < -0.3 is 20.7 Å². The van der Waals surface area contributed by atoms with Gasteiger partial charge in [-0.05, 0) is 44.0 Å². The molecule has 148 valence electrons. The minimum Gasteiger partial charge on any atom is -0.479 e. The molecule has 0 saturated heterocycles. The summed E-state index contributed by atoms with van der Waals surface area (Å²) in [4.78, 5) is 24.5. The van der Waals surface area contributed by atoms with Crippen molar-refractivity contribution in [3.63, 3.8) is 0 Å². The average Bonchev–Trinajstić information content (AvgIpc) is 2.69. The van der Waals surface area contributed by atoms with Crippen molar-refractivity contribution in [2.75, 3.05) is 10.6 Å². The van der Waals surface area contributed by atoms with Crippen molar-refractivity contribution < 1.29 is 14.3 Å². The second-order valence-electron chi connectivity index (χ2n) is 7.09. The van der Waals surface area contributed by atoms with E-state index < -0.39 is 12.1 Å². The van der Waals surface area contributed by atoms with Gasteiger partial charge in [-0.25, -0.2) is 0 Å². The number of carbonyl (C=O) groups is 2. The van der Waals surface area contributed by atoms with E-state index in [0.29, 0.717) is 11.4 Å². The van der Waals surface area contributed by atoms with Crippen molar-refractivity contribution in [1.29, 1.82) is 0 Å². The van der Waals surface area contributed by atoms with Crippen LogP contribution in [-0.4, -0.2) is 24.0 Å². The van der Waals surface area contributed by atoms with Gasteiger partial charge in [0, 0.05) is 5.69 Å². The zero-order valence-corrected chi connectivity index (χ0v) is 16.5. The Morgan fingerprint density at radius 2 is 1.96 bits per heavy atom.